The van der Waals surface area contributed by atoms with Gasteiger partial charge in [0.2, 0.25) is 5.91 Å². The number of rotatable bonds is 16. The van der Waals surface area contributed by atoms with Crippen LogP contribution in [0.15, 0.2) is 91.0 Å². The summed E-state index contributed by atoms with van der Waals surface area (Å²) in [6.45, 7) is 6.70. The standard InChI is InChI=1S/C37H47N3O8S/c1-25(2)29(21-26-15-9-6-10-16-26)39-35(42)47-24-31-32(48-31)30(22-27-17-11-7-12-18-27)38-34(41)33(37(3,4)49(5,44)45)40-36(43)46-23-28-19-13-8-14-20-28/h6-20,25,29-33H,21-24H2,1-5H3,(H,38,41)(H,39,42)(H,40,43)/t29-,30+,31+,32-,33-/m1/s1. The lowest BCUT2D eigenvalue weighted by Crippen LogP contribution is -2.62. The van der Waals surface area contributed by atoms with E-state index in [1.54, 1.807) is 24.3 Å². The molecule has 5 atom stereocenters. The van der Waals surface area contributed by atoms with Crippen LogP contribution in [0.4, 0.5) is 9.59 Å². The maximum Gasteiger partial charge on any atom is 0.408 e. The number of amides is 3. The van der Waals surface area contributed by atoms with Gasteiger partial charge in [0.05, 0.1) is 10.8 Å². The average molecular weight is 694 g/mol. The van der Waals surface area contributed by atoms with Gasteiger partial charge in [-0.25, -0.2) is 18.0 Å². The van der Waals surface area contributed by atoms with E-state index in [2.05, 4.69) is 16.0 Å². The summed E-state index contributed by atoms with van der Waals surface area (Å²) < 4.78 is 40.8. The number of benzene rings is 3. The molecule has 1 saturated heterocycles. The summed E-state index contributed by atoms with van der Waals surface area (Å²) >= 11 is 0. The van der Waals surface area contributed by atoms with Crippen molar-refractivity contribution >= 4 is 27.9 Å². The SMILES string of the molecule is CC(C)[C@@H](Cc1ccccc1)NC(=O)OC[C@@H]1O[C@@H]1[C@H](Cc1ccccc1)NC(=O)[C@@H](NC(=O)OCc1ccccc1)C(C)(C)S(C)(=O)=O. The predicted molar refractivity (Wildman–Crippen MR) is 186 cm³/mol. The summed E-state index contributed by atoms with van der Waals surface area (Å²) in [4.78, 5) is 39.6. The molecular formula is C37H47N3O8S. The maximum atomic E-state index is 13.9. The molecule has 0 aliphatic carbocycles. The number of ether oxygens (including phenoxy) is 3. The first-order chi connectivity index (χ1) is 23.2. The molecule has 1 aliphatic heterocycles. The van der Waals surface area contributed by atoms with Gasteiger partial charge in [0.15, 0.2) is 9.84 Å². The molecule has 11 nitrogen and oxygen atoms in total. The van der Waals surface area contributed by atoms with Crippen molar-refractivity contribution in [2.75, 3.05) is 12.9 Å². The van der Waals surface area contributed by atoms with Crippen LogP contribution in [0, 0.1) is 5.92 Å². The van der Waals surface area contributed by atoms with Crippen LogP contribution in [0.3, 0.4) is 0 Å². The Kier molecular flexibility index (Phi) is 12.8. The van der Waals surface area contributed by atoms with Gasteiger partial charge in [0, 0.05) is 12.3 Å². The Bertz CT molecular complexity index is 1640. The largest absolute Gasteiger partial charge is 0.447 e. The van der Waals surface area contributed by atoms with Gasteiger partial charge in [-0.15, -0.1) is 0 Å². The van der Waals surface area contributed by atoms with Crippen LogP contribution in [0.5, 0.6) is 0 Å². The van der Waals surface area contributed by atoms with E-state index in [4.69, 9.17) is 14.2 Å². The van der Waals surface area contributed by atoms with Crippen LogP contribution >= 0.6 is 0 Å². The Labute approximate surface area is 289 Å². The van der Waals surface area contributed by atoms with Crippen molar-refractivity contribution in [1.82, 2.24) is 16.0 Å². The number of sulfone groups is 1. The molecule has 3 aromatic carbocycles. The molecule has 1 fully saturated rings. The fraction of sp³-hybridized carbons (Fsp3) is 0.432. The molecule has 3 N–H and O–H groups in total. The number of carbonyl (C=O) groups excluding carboxylic acids is 3. The molecular weight excluding hydrogens is 646 g/mol. The molecule has 0 unspecified atom stereocenters. The highest BCUT2D eigenvalue weighted by Crippen LogP contribution is 2.29. The zero-order valence-corrected chi connectivity index (χ0v) is 29.4. The number of nitrogens with one attached hydrogen (secondary N) is 3. The van der Waals surface area contributed by atoms with Gasteiger partial charge in [0.25, 0.3) is 0 Å². The van der Waals surface area contributed by atoms with E-state index < -0.39 is 57.0 Å². The monoisotopic (exact) mass is 693 g/mol. The van der Waals surface area contributed by atoms with Gasteiger partial charge in [-0.1, -0.05) is 105 Å². The van der Waals surface area contributed by atoms with Crippen LogP contribution in [0.25, 0.3) is 0 Å². The first-order valence-electron chi connectivity index (χ1n) is 16.4. The third-order valence-corrected chi connectivity index (χ3v) is 11.0. The second-order valence-corrected chi connectivity index (χ2v) is 15.8. The fourth-order valence-electron chi connectivity index (χ4n) is 5.35. The van der Waals surface area contributed by atoms with Gasteiger partial charge < -0.3 is 30.2 Å². The summed E-state index contributed by atoms with van der Waals surface area (Å²) in [6, 6.07) is 26.0. The molecule has 1 aliphatic rings. The second kappa shape index (κ2) is 16.8. The average Bonchev–Trinajstić information content (AvgIpc) is 3.85. The number of hydrogen-bond acceptors (Lipinski definition) is 8. The van der Waals surface area contributed by atoms with E-state index in [0.717, 1.165) is 22.9 Å². The van der Waals surface area contributed by atoms with Crippen LogP contribution in [0.2, 0.25) is 0 Å². The van der Waals surface area contributed by atoms with Gasteiger partial charge in [-0.05, 0) is 49.3 Å². The van der Waals surface area contributed by atoms with E-state index in [-0.39, 0.29) is 25.2 Å². The molecule has 4 rings (SSSR count). The van der Waals surface area contributed by atoms with Crippen molar-refractivity contribution in [1.29, 1.82) is 0 Å². The molecule has 264 valence electrons. The first-order valence-corrected chi connectivity index (χ1v) is 18.3. The number of hydrogen-bond donors (Lipinski definition) is 3. The van der Waals surface area contributed by atoms with E-state index in [0.29, 0.717) is 12.8 Å². The molecule has 0 bridgehead atoms. The van der Waals surface area contributed by atoms with E-state index in [9.17, 15) is 22.8 Å². The first kappa shape index (κ1) is 37.4. The highest BCUT2D eigenvalue weighted by Gasteiger charge is 2.49. The third kappa shape index (κ3) is 11.0. The van der Waals surface area contributed by atoms with Crippen molar-refractivity contribution in [2.24, 2.45) is 5.92 Å². The molecule has 0 spiro atoms. The molecule has 12 heteroatoms. The molecule has 0 aromatic heterocycles. The lowest BCUT2D eigenvalue weighted by atomic mass is 9.97. The lowest BCUT2D eigenvalue weighted by molar-refractivity contribution is -0.124. The minimum atomic E-state index is -3.85. The molecule has 0 saturated carbocycles. The zero-order chi connectivity index (χ0) is 35.6. The van der Waals surface area contributed by atoms with E-state index in [1.165, 1.54) is 13.8 Å². The van der Waals surface area contributed by atoms with Crippen molar-refractivity contribution < 1.29 is 37.0 Å². The van der Waals surface area contributed by atoms with Gasteiger partial charge in [0.1, 0.15) is 31.5 Å². The predicted octanol–water partition coefficient (Wildman–Crippen LogP) is 4.59. The summed E-state index contributed by atoms with van der Waals surface area (Å²) in [5.41, 5.74) is 2.73. The van der Waals surface area contributed by atoms with Crippen molar-refractivity contribution in [3.8, 4) is 0 Å². The molecule has 3 amide bonds. The molecule has 49 heavy (non-hydrogen) atoms. The van der Waals surface area contributed by atoms with Crippen LogP contribution in [-0.4, -0.2) is 74.5 Å². The Morgan fingerprint density at radius 3 is 1.80 bits per heavy atom. The minimum Gasteiger partial charge on any atom is -0.447 e. The normalized spacial score (nSPS) is 17.7. The quantitative estimate of drug-likeness (QED) is 0.184. The highest BCUT2D eigenvalue weighted by atomic mass is 32.2. The van der Waals surface area contributed by atoms with Gasteiger partial charge in [-0.3, -0.25) is 4.79 Å². The van der Waals surface area contributed by atoms with Crippen LogP contribution in [0.1, 0.15) is 44.4 Å². The summed E-state index contributed by atoms with van der Waals surface area (Å²) in [6.07, 6.45) is -0.534. The van der Waals surface area contributed by atoms with Crippen molar-refractivity contribution in [3.05, 3.63) is 108 Å². The second-order valence-electron chi connectivity index (χ2n) is 13.2. The van der Waals surface area contributed by atoms with Gasteiger partial charge in [-0.2, -0.15) is 0 Å². The molecule has 1 heterocycles. The van der Waals surface area contributed by atoms with Gasteiger partial charge >= 0.3 is 12.2 Å². The van der Waals surface area contributed by atoms with E-state index in [1.807, 2.05) is 80.6 Å². The number of alkyl carbamates (subject to hydrolysis) is 2. The zero-order valence-electron chi connectivity index (χ0n) is 28.6. The lowest BCUT2D eigenvalue weighted by Gasteiger charge is -2.33. The summed E-state index contributed by atoms with van der Waals surface area (Å²) in [5, 5.41) is 8.36. The van der Waals surface area contributed by atoms with Crippen molar-refractivity contribution in [3.63, 3.8) is 0 Å². The van der Waals surface area contributed by atoms with Crippen molar-refractivity contribution in [2.45, 2.75) is 82.2 Å². The fourth-order valence-corrected chi connectivity index (χ4v) is 5.95. The Morgan fingerprint density at radius 2 is 1.27 bits per heavy atom. The topological polar surface area (TPSA) is 152 Å². The van der Waals surface area contributed by atoms with E-state index >= 15 is 0 Å². The highest BCUT2D eigenvalue weighted by molar-refractivity contribution is 7.92. The van der Waals surface area contributed by atoms with Crippen LogP contribution < -0.4 is 16.0 Å². The van der Waals surface area contributed by atoms with Crippen LogP contribution in [-0.2, 0) is 48.3 Å². The minimum absolute atomic E-state index is 0.0455. The number of epoxide rings is 1. The third-order valence-electron chi connectivity index (χ3n) is 8.82. The molecule has 3 aromatic rings. The Balaban J connectivity index is 1.42. The number of carbonyl (C=O) groups is 3. The summed E-state index contributed by atoms with van der Waals surface area (Å²) in [5.74, 6) is -0.557. The maximum absolute atomic E-state index is 13.9. The Morgan fingerprint density at radius 1 is 0.755 bits per heavy atom. The Hall–Kier alpha value is -4.42. The summed E-state index contributed by atoms with van der Waals surface area (Å²) in [7, 11) is -3.85. The molecule has 0 radical (unpaired) electrons. The smallest absolute Gasteiger partial charge is 0.408 e.